The first-order valence-electron chi connectivity index (χ1n) is 9.45. The Balaban J connectivity index is 1.52. The molecule has 29 heavy (non-hydrogen) atoms. The van der Waals surface area contributed by atoms with E-state index in [1.54, 1.807) is 10.9 Å². The highest BCUT2D eigenvalue weighted by Crippen LogP contribution is 2.32. The maximum Gasteiger partial charge on any atom is 0.346 e. The lowest BCUT2D eigenvalue weighted by Crippen LogP contribution is -2.43. The standard InChI is InChI=1S/C22H21N5O2/c1-2-22(19-11-7-4-8-12-19)20(28)27(21(29)25-22)24-14-18-13-23-26(16-18)15-17-9-5-3-6-10-17/h3-14,16H,2,15H2,1H3,(H,25,29)/b24-14-/t22-/m0/s1. The van der Waals surface area contributed by atoms with Crippen molar-refractivity contribution in [2.45, 2.75) is 25.4 Å². The highest BCUT2D eigenvalue weighted by molar-refractivity contribution is 6.07. The highest BCUT2D eigenvalue weighted by atomic mass is 16.2. The average Bonchev–Trinajstić information content (AvgIpc) is 3.30. The molecule has 1 aliphatic heterocycles. The third-order valence-corrected chi connectivity index (χ3v) is 5.03. The molecule has 0 bridgehead atoms. The Labute approximate surface area is 168 Å². The van der Waals surface area contributed by atoms with E-state index in [4.69, 9.17) is 0 Å². The van der Waals surface area contributed by atoms with Crippen LogP contribution in [-0.4, -0.2) is 32.9 Å². The number of hydrogen-bond acceptors (Lipinski definition) is 4. The van der Waals surface area contributed by atoms with Gasteiger partial charge in [-0.05, 0) is 17.5 Å². The van der Waals surface area contributed by atoms with Gasteiger partial charge in [-0.3, -0.25) is 9.48 Å². The van der Waals surface area contributed by atoms with Gasteiger partial charge in [0.05, 0.1) is 19.0 Å². The molecule has 0 spiro atoms. The average molecular weight is 387 g/mol. The van der Waals surface area contributed by atoms with Crippen LogP contribution >= 0.6 is 0 Å². The number of urea groups is 1. The van der Waals surface area contributed by atoms with Gasteiger partial charge in [0.2, 0.25) is 0 Å². The zero-order chi connectivity index (χ0) is 20.3. The second-order valence-electron chi connectivity index (χ2n) is 6.87. The first-order chi connectivity index (χ1) is 14.1. The van der Waals surface area contributed by atoms with Crippen molar-refractivity contribution in [2.75, 3.05) is 0 Å². The van der Waals surface area contributed by atoms with Gasteiger partial charge < -0.3 is 5.32 Å². The fourth-order valence-corrected chi connectivity index (χ4v) is 3.46. The van der Waals surface area contributed by atoms with Gasteiger partial charge in [0.25, 0.3) is 5.91 Å². The molecule has 7 nitrogen and oxygen atoms in total. The molecular weight excluding hydrogens is 366 g/mol. The van der Waals surface area contributed by atoms with Gasteiger partial charge in [-0.1, -0.05) is 67.6 Å². The molecule has 0 aliphatic carbocycles. The number of carbonyl (C=O) groups excluding carboxylic acids is 2. The summed E-state index contributed by atoms with van der Waals surface area (Å²) in [5.74, 6) is -0.385. The summed E-state index contributed by atoms with van der Waals surface area (Å²) in [7, 11) is 0. The quantitative estimate of drug-likeness (QED) is 0.521. The number of aromatic nitrogens is 2. The summed E-state index contributed by atoms with van der Waals surface area (Å²) in [6, 6.07) is 18.7. The molecule has 1 fully saturated rings. The molecule has 0 saturated carbocycles. The predicted molar refractivity (Wildman–Crippen MR) is 109 cm³/mol. The first kappa shape index (κ1) is 18.6. The lowest BCUT2D eigenvalue weighted by molar-refractivity contribution is -0.131. The number of carbonyl (C=O) groups is 2. The van der Waals surface area contributed by atoms with Gasteiger partial charge in [0.15, 0.2) is 0 Å². The Bertz CT molecular complexity index is 1050. The molecule has 1 saturated heterocycles. The monoisotopic (exact) mass is 387 g/mol. The van der Waals surface area contributed by atoms with Crippen LogP contribution in [0.25, 0.3) is 0 Å². The van der Waals surface area contributed by atoms with Crippen molar-refractivity contribution in [2.24, 2.45) is 5.10 Å². The van der Waals surface area contributed by atoms with Crippen LogP contribution in [-0.2, 0) is 16.9 Å². The van der Waals surface area contributed by atoms with Crippen LogP contribution < -0.4 is 5.32 Å². The molecule has 1 aliphatic rings. The maximum absolute atomic E-state index is 13.0. The fraction of sp³-hybridized carbons (Fsp3) is 0.182. The number of amides is 3. The van der Waals surface area contributed by atoms with E-state index >= 15 is 0 Å². The molecular formula is C22H21N5O2. The van der Waals surface area contributed by atoms with Gasteiger partial charge in [-0.25, -0.2) is 4.79 Å². The second kappa shape index (κ2) is 7.71. The van der Waals surface area contributed by atoms with Crippen LogP contribution in [0, 0.1) is 0 Å². The number of hydrazone groups is 1. The van der Waals surface area contributed by atoms with Gasteiger partial charge in [-0.15, -0.1) is 5.01 Å². The largest absolute Gasteiger partial charge is 0.346 e. The third kappa shape index (κ3) is 3.54. The summed E-state index contributed by atoms with van der Waals surface area (Å²) in [4.78, 5) is 25.5. The molecule has 1 atom stereocenters. The summed E-state index contributed by atoms with van der Waals surface area (Å²) in [5.41, 5.74) is 1.49. The summed E-state index contributed by atoms with van der Waals surface area (Å²) >= 11 is 0. The van der Waals surface area contributed by atoms with Crippen molar-refractivity contribution in [3.05, 3.63) is 89.7 Å². The molecule has 1 N–H and O–H groups in total. The summed E-state index contributed by atoms with van der Waals surface area (Å²) < 4.78 is 1.78. The highest BCUT2D eigenvalue weighted by Gasteiger charge is 2.51. The van der Waals surface area contributed by atoms with E-state index in [-0.39, 0.29) is 5.91 Å². The maximum atomic E-state index is 13.0. The number of imide groups is 1. The molecule has 146 valence electrons. The molecule has 2 aromatic carbocycles. The number of nitrogens with one attached hydrogen (secondary N) is 1. The topological polar surface area (TPSA) is 79.6 Å². The van der Waals surface area contributed by atoms with Crippen LogP contribution in [0.15, 0.2) is 78.2 Å². The lowest BCUT2D eigenvalue weighted by Gasteiger charge is -2.24. The molecule has 0 radical (unpaired) electrons. The van der Waals surface area contributed by atoms with Gasteiger partial charge in [-0.2, -0.15) is 10.2 Å². The normalized spacial score (nSPS) is 19.1. The number of rotatable bonds is 6. The van der Waals surface area contributed by atoms with E-state index in [1.165, 1.54) is 6.21 Å². The van der Waals surface area contributed by atoms with Gasteiger partial charge in [0.1, 0.15) is 5.54 Å². The number of hydrogen-bond donors (Lipinski definition) is 1. The molecule has 1 aromatic heterocycles. The molecule has 3 aromatic rings. The minimum atomic E-state index is -1.09. The molecule has 0 unspecified atom stereocenters. The zero-order valence-electron chi connectivity index (χ0n) is 16.0. The minimum Gasteiger partial charge on any atom is -0.318 e. The van der Waals surface area contributed by atoms with Crippen molar-refractivity contribution in [3.8, 4) is 0 Å². The van der Waals surface area contributed by atoms with Gasteiger partial charge >= 0.3 is 6.03 Å². The van der Waals surface area contributed by atoms with Gasteiger partial charge in [0, 0.05) is 11.8 Å². The van der Waals surface area contributed by atoms with Crippen LogP contribution in [0.3, 0.4) is 0 Å². The predicted octanol–water partition coefficient (Wildman–Crippen LogP) is 3.12. The van der Waals surface area contributed by atoms with Crippen LogP contribution in [0.4, 0.5) is 4.79 Å². The molecule has 4 rings (SSSR count). The summed E-state index contributed by atoms with van der Waals surface area (Å²) in [5, 5.41) is 12.2. The summed E-state index contributed by atoms with van der Waals surface area (Å²) in [6.45, 7) is 2.50. The van der Waals surface area contributed by atoms with E-state index in [9.17, 15) is 9.59 Å². The zero-order valence-corrected chi connectivity index (χ0v) is 16.0. The van der Waals surface area contributed by atoms with Crippen molar-refractivity contribution in [3.63, 3.8) is 0 Å². The third-order valence-electron chi connectivity index (χ3n) is 5.03. The fourth-order valence-electron chi connectivity index (χ4n) is 3.46. The van der Waals surface area contributed by atoms with Crippen molar-refractivity contribution < 1.29 is 9.59 Å². The Kier molecular flexibility index (Phi) is 4.95. The Morgan fingerprint density at radius 3 is 2.45 bits per heavy atom. The number of nitrogens with zero attached hydrogens (tertiary/aromatic N) is 4. The first-order valence-corrected chi connectivity index (χ1v) is 9.45. The Morgan fingerprint density at radius 2 is 1.76 bits per heavy atom. The van der Waals surface area contributed by atoms with Crippen LogP contribution in [0.5, 0.6) is 0 Å². The molecule has 3 amide bonds. The van der Waals surface area contributed by atoms with E-state index in [1.807, 2.05) is 73.8 Å². The molecule has 7 heteroatoms. The van der Waals surface area contributed by atoms with Crippen LogP contribution in [0.1, 0.15) is 30.0 Å². The van der Waals surface area contributed by atoms with Crippen molar-refractivity contribution >= 4 is 18.2 Å². The van der Waals surface area contributed by atoms with E-state index in [0.29, 0.717) is 18.5 Å². The Hall–Kier alpha value is -3.74. The second-order valence-corrected chi connectivity index (χ2v) is 6.87. The lowest BCUT2D eigenvalue weighted by atomic mass is 9.87. The smallest absolute Gasteiger partial charge is 0.318 e. The van der Waals surface area contributed by atoms with Crippen molar-refractivity contribution in [1.29, 1.82) is 0 Å². The SMILES string of the molecule is CC[C@@]1(c2ccccc2)NC(=O)N(/N=C\c2cnn(Cc3ccccc3)c2)C1=O. The Morgan fingerprint density at radius 1 is 1.07 bits per heavy atom. The minimum absolute atomic E-state index is 0.385. The van der Waals surface area contributed by atoms with Crippen molar-refractivity contribution in [1.82, 2.24) is 20.1 Å². The van der Waals surface area contributed by atoms with E-state index in [2.05, 4.69) is 15.5 Å². The van der Waals surface area contributed by atoms with E-state index in [0.717, 1.165) is 16.1 Å². The molecule has 2 heterocycles. The number of benzene rings is 2. The van der Waals surface area contributed by atoms with E-state index < -0.39 is 11.6 Å². The summed E-state index contributed by atoms with van der Waals surface area (Å²) in [6.07, 6.45) is 5.37. The van der Waals surface area contributed by atoms with Crippen LogP contribution in [0.2, 0.25) is 0 Å².